The number of ether oxygens (including phenoxy) is 2. The molecule has 5 atom stereocenters. The Balaban J connectivity index is 1.79. The van der Waals surface area contributed by atoms with E-state index in [9.17, 15) is 35.4 Å². The monoisotopic (exact) mass is 432 g/mol. The molecule has 0 bridgehead atoms. The lowest BCUT2D eigenvalue weighted by molar-refractivity contribution is -0.277. The van der Waals surface area contributed by atoms with Crippen molar-refractivity contribution < 1.29 is 44.5 Å². The summed E-state index contributed by atoms with van der Waals surface area (Å²) in [5.74, 6) is -0.480. The molecule has 4 rings (SSSR count). The highest BCUT2D eigenvalue weighted by atomic mass is 16.7. The summed E-state index contributed by atoms with van der Waals surface area (Å²) in [5, 5.41) is 58.8. The summed E-state index contributed by atoms with van der Waals surface area (Å²) >= 11 is 0. The molecule has 3 aromatic rings. The summed E-state index contributed by atoms with van der Waals surface area (Å²) in [6.07, 6.45) is -6.53. The smallest absolute Gasteiger partial charge is 0.229 e. The second-order valence-corrected chi connectivity index (χ2v) is 7.16. The second kappa shape index (κ2) is 8.17. The van der Waals surface area contributed by atoms with Crippen LogP contribution < -0.4 is 10.2 Å². The van der Waals surface area contributed by atoms with E-state index < -0.39 is 42.7 Å². The quantitative estimate of drug-likeness (QED) is 0.331. The van der Waals surface area contributed by atoms with Crippen LogP contribution in [0.15, 0.2) is 51.9 Å². The first kappa shape index (κ1) is 21.1. The lowest BCUT2D eigenvalue weighted by Crippen LogP contribution is -2.60. The standard InChI is InChI=1S/C21H20O10/c22-7-15-18(26)19(27)20(28)21(31-15)30-14-6-11(24)5-13-16(14)17(25)12(8-29-13)9-1-3-10(23)4-2-9/h1-6,8,15,18-24,26-28H,7H2/t15-,18-,19-,20-,21-/m0/s1. The number of phenols is 2. The number of hydrogen-bond donors (Lipinski definition) is 6. The van der Waals surface area contributed by atoms with Crippen molar-refractivity contribution in [3.05, 3.63) is 52.9 Å². The van der Waals surface area contributed by atoms with Crippen LogP contribution in [-0.2, 0) is 4.74 Å². The molecule has 0 spiro atoms. The highest BCUT2D eigenvalue weighted by Crippen LogP contribution is 2.33. The van der Waals surface area contributed by atoms with Gasteiger partial charge in [-0.05, 0) is 17.7 Å². The van der Waals surface area contributed by atoms with Gasteiger partial charge in [-0.1, -0.05) is 12.1 Å². The zero-order valence-corrected chi connectivity index (χ0v) is 16.0. The molecule has 1 fully saturated rings. The van der Waals surface area contributed by atoms with Crippen LogP contribution in [0.4, 0.5) is 0 Å². The Hall–Kier alpha value is -3.15. The van der Waals surface area contributed by atoms with Gasteiger partial charge >= 0.3 is 0 Å². The van der Waals surface area contributed by atoms with Crippen LogP contribution in [0.3, 0.4) is 0 Å². The molecule has 1 aliphatic heterocycles. The molecule has 2 aromatic carbocycles. The van der Waals surface area contributed by atoms with Crippen molar-refractivity contribution in [1.29, 1.82) is 0 Å². The van der Waals surface area contributed by atoms with Crippen molar-refractivity contribution in [2.24, 2.45) is 0 Å². The van der Waals surface area contributed by atoms with Crippen LogP contribution in [0.2, 0.25) is 0 Å². The fraction of sp³-hybridized carbons (Fsp3) is 0.286. The van der Waals surface area contributed by atoms with Crippen LogP contribution >= 0.6 is 0 Å². The molecule has 10 heteroatoms. The average molecular weight is 432 g/mol. The molecule has 0 radical (unpaired) electrons. The topological polar surface area (TPSA) is 170 Å². The number of hydrogen-bond acceptors (Lipinski definition) is 10. The minimum atomic E-state index is -1.71. The molecule has 1 saturated heterocycles. The summed E-state index contributed by atoms with van der Waals surface area (Å²) in [5.41, 5.74) is 0.0795. The number of fused-ring (bicyclic) bond motifs is 1. The Morgan fingerprint density at radius 2 is 1.65 bits per heavy atom. The van der Waals surface area contributed by atoms with Crippen LogP contribution in [0.5, 0.6) is 17.2 Å². The number of phenolic OH excluding ortho intramolecular Hbond substituents is 2. The molecule has 0 saturated carbocycles. The third kappa shape index (κ3) is 3.82. The lowest BCUT2D eigenvalue weighted by atomic mass is 9.99. The van der Waals surface area contributed by atoms with E-state index in [1.54, 1.807) is 0 Å². The lowest BCUT2D eigenvalue weighted by Gasteiger charge is -2.39. The Labute approximate surface area is 174 Å². The van der Waals surface area contributed by atoms with Crippen LogP contribution in [0.1, 0.15) is 0 Å². The van der Waals surface area contributed by atoms with E-state index in [4.69, 9.17) is 13.9 Å². The van der Waals surface area contributed by atoms with E-state index in [-0.39, 0.29) is 33.8 Å². The number of aromatic hydroxyl groups is 2. The number of aliphatic hydroxyl groups excluding tert-OH is 4. The maximum Gasteiger partial charge on any atom is 0.229 e. The summed E-state index contributed by atoms with van der Waals surface area (Å²) in [4.78, 5) is 13.2. The summed E-state index contributed by atoms with van der Waals surface area (Å²) in [6, 6.07) is 8.17. The fourth-order valence-corrected chi connectivity index (χ4v) is 3.43. The van der Waals surface area contributed by atoms with Gasteiger partial charge in [-0.2, -0.15) is 0 Å². The normalized spacial score (nSPS) is 26.1. The van der Waals surface area contributed by atoms with Crippen molar-refractivity contribution in [2.45, 2.75) is 30.7 Å². The Morgan fingerprint density at radius 3 is 2.32 bits per heavy atom. The fourth-order valence-electron chi connectivity index (χ4n) is 3.43. The molecule has 10 nitrogen and oxygen atoms in total. The SMILES string of the molecule is O=c1c(-c2ccc(O)cc2)coc2cc(O)cc(O[C@H]3O[C@@H](CO)[C@H](O)[C@H](O)[C@@H]3O)c12. The summed E-state index contributed by atoms with van der Waals surface area (Å²) in [7, 11) is 0. The van der Waals surface area contributed by atoms with Crippen LogP contribution in [0.25, 0.3) is 22.1 Å². The minimum absolute atomic E-state index is 0.00730. The van der Waals surface area contributed by atoms with Crippen molar-refractivity contribution in [3.8, 4) is 28.4 Å². The average Bonchev–Trinajstić information content (AvgIpc) is 2.75. The van der Waals surface area contributed by atoms with E-state index in [2.05, 4.69) is 0 Å². The van der Waals surface area contributed by atoms with Gasteiger partial charge in [0.2, 0.25) is 11.7 Å². The second-order valence-electron chi connectivity index (χ2n) is 7.16. The van der Waals surface area contributed by atoms with Gasteiger partial charge in [0.1, 0.15) is 58.9 Å². The molecule has 1 aromatic heterocycles. The van der Waals surface area contributed by atoms with Crippen LogP contribution in [-0.4, -0.2) is 68.0 Å². The summed E-state index contributed by atoms with van der Waals surface area (Å²) in [6.45, 7) is -0.654. The van der Waals surface area contributed by atoms with Gasteiger partial charge in [0, 0.05) is 12.1 Å². The molecule has 0 unspecified atom stereocenters. The van der Waals surface area contributed by atoms with Gasteiger partial charge in [0.05, 0.1) is 12.2 Å². The van der Waals surface area contributed by atoms with Gasteiger partial charge in [-0.25, -0.2) is 0 Å². The van der Waals surface area contributed by atoms with Gasteiger partial charge in [-0.3, -0.25) is 4.79 Å². The molecule has 31 heavy (non-hydrogen) atoms. The predicted octanol–water partition coefficient (Wildman–Crippen LogP) is 0.0499. The number of aliphatic hydroxyl groups is 4. The number of rotatable bonds is 4. The maximum absolute atomic E-state index is 13.2. The highest BCUT2D eigenvalue weighted by Gasteiger charge is 2.45. The largest absolute Gasteiger partial charge is 0.508 e. The highest BCUT2D eigenvalue weighted by molar-refractivity contribution is 5.88. The van der Waals surface area contributed by atoms with E-state index in [0.29, 0.717) is 5.56 Å². The number of benzene rings is 2. The predicted molar refractivity (Wildman–Crippen MR) is 106 cm³/mol. The van der Waals surface area contributed by atoms with Gasteiger partial charge in [0.15, 0.2) is 0 Å². The van der Waals surface area contributed by atoms with Gasteiger partial charge in [-0.15, -0.1) is 0 Å². The molecule has 6 N–H and O–H groups in total. The molecular weight excluding hydrogens is 412 g/mol. The molecule has 2 heterocycles. The molecule has 0 aliphatic carbocycles. The van der Waals surface area contributed by atoms with Crippen molar-refractivity contribution in [2.75, 3.05) is 6.61 Å². The van der Waals surface area contributed by atoms with Gasteiger partial charge in [0.25, 0.3) is 0 Å². The maximum atomic E-state index is 13.2. The van der Waals surface area contributed by atoms with Gasteiger partial charge < -0.3 is 44.5 Å². The first-order valence-electron chi connectivity index (χ1n) is 9.35. The van der Waals surface area contributed by atoms with Crippen LogP contribution in [0, 0.1) is 0 Å². The third-order valence-corrected chi connectivity index (χ3v) is 5.10. The minimum Gasteiger partial charge on any atom is -0.508 e. The zero-order chi connectivity index (χ0) is 22.3. The van der Waals surface area contributed by atoms with E-state index in [1.165, 1.54) is 36.6 Å². The molecular formula is C21H20O10. The molecule has 164 valence electrons. The van der Waals surface area contributed by atoms with Crippen molar-refractivity contribution >= 4 is 11.0 Å². The molecule has 0 amide bonds. The first-order chi connectivity index (χ1) is 14.8. The Morgan fingerprint density at radius 1 is 0.935 bits per heavy atom. The van der Waals surface area contributed by atoms with E-state index in [0.717, 1.165) is 6.07 Å². The zero-order valence-electron chi connectivity index (χ0n) is 16.0. The first-order valence-corrected chi connectivity index (χ1v) is 9.35. The molecule has 1 aliphatic rings. The van der Waals surface area contributed by atoms with Crippen molar-refractivity contribution in [1.82, 2.24) is 0 Å². The Kier molecular flexibility index (Phi) is 5.56. The van der Waals surface area contributed by atoms with E-state index >= 15 is 0 Å². The Bertz CT molecular complexity index is 1140. The summed E-state index contributed by atoms with van der Waals surface area (Å²) < 4.78 is 16.4. The van der Waals surface area contributed by atoms with E-state index in [1.807, 2.05) is 0 Å². The third-order valence-electron chi connectivity index (χ3n) is 5.10. The van der Waals surface area contributed by atoms with Crippen molar-refractivity contribution in [3.63, 3.8) is 0 Å².